The molecule has 0 saturated heterocycles. The van der Waals surface area contributed by atoms with Gasteiger partial charge in [0.15, 0.2) is 0 Å². The SMILES string of the molecule is O=C([O-])C[C@H](O)C(O)CN1CCn2ncnc2C1.[K+]. The monoisotopic (exact) mass is 294 g/mol. The van der Waals surface area contributed by atoms with Gasteiger partial charge in [-0.25, -0.2) is 9.67 Å². The molecule has 2 heterocycles. The zero-order valence-electron chi connectivity index (χ0n) is 10.8. The van der Waals surface area contributed by atoms with Crippen LogP contribution in [0, 0.1) is 0 Å². The summed E-state index contributed by atoms with van der Waals surface area (Å²) in [6.07, 6.45) is -1.52. The van der Waals surface area contributed by atoms with Gasteiger partial charge in [0.25, 0.3) is 0 Å². The van der Waals surface area contributed by atoms with E-state index in [4.69, 9.17) is 0 Å². The van der Waals surface area contributed by atoms with Crippen LogP contribution >= 0.6 is 0 Å². The van der Waals surface area contributed by atoms with Crippen LogP contribution in [-0.2, 0) is 17.9 Å². The van der Waals surface area contributed by atoms with Gasteiger partial charge >= 0.3 is 51.4 Å². The maximum absolute atomic E-state index is 10.3. The maximum atomic E-state index is 10.3. The number of β-amino-alcohol motifs (C(OH)–C–C–N with tert-alkyl or cyclic N) is 1. The Bertz CT molecular complexity index is 427. The van der Waals surface area contributed by atoms with E-state index in [-0.39, 0.29) is 57.9 Å². The molecule has 100 valence electrons. The fourth-order valence-electron chi connectivity index (χ4n) is 1.96. The van der Waals surface area contributed by atoms with E-state index in [2.05, 4.69) is 10.1 Å². The Morgan fingerprint density at radius 2 is 2.16 bits per heavy atom. The number of hydrogen-bond donors (Lipinski definition) is 2. The number of rotatable bonds is 5. The standard InChI is InChI=1S/C10H16N4O4.K/c15-7(3-10(17)18)8(16)4-13-1-2-14-9(5-13)11-6-12-14;/h6-8,15-16H,1-5H2,(H,17,18);/q;+1/p-1/t7-,8?;/m0./s1. The zero-order valence-corrected chi connectivity index (χ0v) is 13.9. The Kier molecular flexibility index (Phi) is 7.04. The van der Waals surface area contributed by atoms with Gasteiger partial charge in [-0.2, -0.15) is 5.10 Å². The van der Waals surface area contributed by atoms with Gasteiger partial charge in [0.05, 0.1) is 25.3 Å². The van der Waals surface area contributed by atoms with Crippen molar-refractivity contribution in [3.8, 4) is 0 Å². The first-order chi connectivity index (χ1) is 8.56. The van der Waals surface area contributed by atoms with Gasteiger partial charge in [0, 0.05) is 25.5 Å². The summed E-state index contributed by atoms with van der Waals surface area (Å²) in [5.41, 5.74) is 0. The molecule has 19 heavy (non-hydrogen) atoms. The third-order valence-corrected chi connectivity index (χ3v) is 2.95. The second kappa shape index (κ2) is 7.79. The first-order valence-electron chi connectivity index (χ1n) is 5.71. The molecule has 0 amide bonds. The molecule has 2 N–H and O–H groups in total. The number of hydrogen-bond acceptors (Lipinski definition) is 7. The molecule has 0 radical (unpaired) electrons. The summed E-state index contributed by atoms with van der Waals surface area (Å²) >= 11 is 0. The Balaban J connectivity index is 0.00000180. The first-order valence-corrected chi connectivity index (χ1v) is 5.71. The molecule has 1 aromatic rings. The number of aliphatic carboxylic acids is 1. The van der Waals surface area contributed by atoms with Crippen molar-refractivity contribution in [1.82, 2.24) is 19.7 Å². The number of carbonyl (C=O) groups excluding carboxylic acids is 1. The Morgan fingerprint density at radius 3 is 2.84 bits per heavy atom. The fraction of sp³-hybridized carbons (Fsp3) is 0.700. The molecule has 0 bridgehead atoms. The molecule has 0 saturated carbocycles. The van der Waals surface area contributed by atoms with Crippen molar-refractivity contribution in [3.63, 3.8) is 0 Å². The van der Waals surface area contributed by atoms with E-state index >= 15 is 0 Å². The maximum Gasteiger partial charge on any atom is 1.00 e. The molecule has 8 nitrogen and oxygen atoms in total. The molecular formula is C10H15KN4O4. The molecular weight excluding hydrogens is 279 g/mol. The molecule has 0 spiro atoms. The molecule has 2 rings (SSSR count). The van der Waals surface area contributed by atoms with Gasteiger partial charge in [-0.15, -0.1) is 0 Å². The van der Waals surface area contributed by atoms with Crippen LogP contribution in [0.4, 0.5) is 0 Å². The van der Waals surface area contributed by atoms with Gasteiger partial charge in [-0.3, -0.25) is 4.90 Å². The summed E-state index contributed by atoms with van der Waals surface area (Å²) in [6, 6.07) is 0. The minimum atomic E-state index is -1.38. The topological polar surface area (TPSA) is 115 Å². The van der Waals surface area contributed by atoms with E-state index in [1.807, 2.05) is 4.90 Å². The van der Waals surface area contributed by atoms with Crippen LogP contribution in [0.2, 0.25) is 0 Å². The molecule has 2 atom stereocenters. The number of aliphatic hydroxyl groups is 2. The van der Waals surface area contributed by atoms with Crippen LogP contribution in [0.5, 0.6) is 0 Å². The number of carboxylic acid groups (broad SMARTS) is 1. The van der Waals surface area contributed by atoms with Crippen molar-refractivity contribution in [2.24, 2.45) is 0 Å². The Labute approximate surface area is 152 Å². The number of carbonyl (C=O) groups is 1. The molecule has 1 aliphatic heterocycles. The van der Waals surface area contributed by atoms with E-state index in [0.29, 0.717) is 19.6 Å². The Hall–Kier alpha value is 0.126. The van der Waals surface area contributed by atoms with Gasteiger partial charge in [0.2, 0.25) is 0 Å². The molecule has 0 aliphatic carbocycles. The van der Waals surface area contributed by atoms with E-state index in [1.165, 1.54) is 6.33 Å². The Morgan fingerprint density at radius 1 is 1.42 bits per heavy atom. The average Bonchev–Trinajstić information content (AvgIpc) is 2.75. The summed E-state index contributed by atoms with van der Waals surface area (Å²) in [5, 5.41) is 33.5. The van der Waals surface area contributed by atoms with Crippen LogP contribution in [0.1, 0.15) is 12.2 Å². The minimum Gasteiger partial charge on any atom is -0.550 e. The van der Waals surface area contributed by atoms with Gasteiger partial charge < -0.3 is 20.1 Å². The van der Waals surface area contributed by atoms with Crippen molar-refractivity contribution >= 4 is 5.97 Å². The van der Waals surface area contributed by atoms with Gasteiger partial charge in [-0.05, 0) is 0 Å². The van der Waals surface area contributed by atoms with Crippen LogP contribution in [-0.4, -0.2) is 61.1 Å². The van der Waals surface area contributed by atoms with E-state index in [9.17, 15) is 20.1 Å². The fourth-order valence-corrected chi connectivity index (χ4v) is 1.96. The number of carboxylic acids is 1. The van der Waals surface area contributed by atoms with Crippen molar-refractivity contribution in [1.29, 1.82) is 0 Å². The van der Waals surface area contributed by atoms with Crippen LogP contribution < -0.4 is 56.5 Å². The van der Waals surface area contributed by atoms with Crippen molar-refractivity contribution in [2.75, 3.05) is 13.1 Å². The summed E-state index contributed by atoms with van der Waals surface area (Å²) in [7, 11) is 0. The predicted molar refractivity (Wildman–Crippen MR) is 56.9 cm³/mol. The summed E-state index contributed by atoms with van der Waals surface area (Å²) in [5.74, 6) is -0.581. The second-order valence-corrected chi connectivity index (χ2v) is 4.35. The molecule has 1 unspecified atom stereocenters. The van der Waals surface area contributed by atoms with Crippen molar-refractivity contribution in [2.45, 2.75) is 31.7 Å². The van der Waals surface area contributed by atoms with E-state index < -0.39 is 24.6 Å². The summed E-state index contributed by atoms with van der Waals surface area (Å²) < 4.78 is 1.78. The second-order valence-electron chi connectivity index (χ2n) is 4.35. The van der Waals surface area contributed by atoms with Crippen molar-refractivity contribution in [3.05, 3.63) is 12.2 Å². The molecule has 0 fully saturated rings. The summed E-state index contributed by atoms with van der Waals surface area (Å²) in [6.45, 7) is 2.06. The van der Waals surface area contributed by atoms with Crippen LogP contribution in [0.25, 0.3) is 0 Å². The molecule has 9 heteroatoms. The van der Waals surface area contributed by atoms with Crippen LogP contribution in [0.15, 0.2) is 6.33 Å². The predicted octanol–water partition coefficient (Wildman–Crippen LogP) is -6.04. The van der Waals surface area contributed by atoms with Crippen molar-refractivity contribution < 1.29 is 71.5 Å². The van der Waals surface area contributed by atoms with E-state index in [0.717, 1.165) is 5.82 Å². The molecule has 0 aromatic carbocycles. The van der Waals surface area contributed by atoms with Gasteiger partial charge in [-0.1, -0.05) is 0 Å². The number of aliphatic hydroxyl groups excluding tert-OH is 2. The van der Waals surface area contributed by atoms with E-state index in [1.54, 1.807) is 4.68 Å². The largest absolute Gasteiger partial charge is 1.00 e. The van der Waals surface area contributed by atoms with Gasteiger partial charge in [0.1, 0.15) is 12.2 Å². The molecule has 1 aliphatic rings. The molecule has 1 aromatic heterocycles. The quantitative estimate of drug-likeness (QED) is 0.519. The first kappa shape index (κ1) is 17.2. The average molecular weight is 294 g/mol. The normalized spacial score (nSPS) is 18.2. The zero-order chi connectivity index (χ0) is 13.1. The number of fused-ring (bicyclic) bond motifs is 1. The van der Waals surface area contributed by atoms with Crippen LogP contribution in [0.3, 0.4) is 0 Å². The summed E-state index contributed by atoms with van der Waals surface area (Å²) in [4.78, 5) is 16.3. The third-order valence-electron chi connectivity index (χ3n) is 2.95. The third kappa shape index (κ3) is 4.87. The number of aromatic nitrogens is 3. The number of nitrogens with zero attached hydrogens (tertiary/aromatic N) is 4. The smallest absolute Gasteiger partial charge is 0.550 e. The minimum absolute atomic E-state index is 0.